The van der Waals surface area contributed by atoms with Crippen molar-refractivity contribution in [2.24, 2.45) is 0 Å². The van der Waals surface area contributed by atoms with Gasteiger partial charge in [-0.2, -0.15) is 0 Å². The van der Waals surface area contributed by atoms with Gasteiger partial charge in [-0.15, -0.1) is 0 Å². The number of benzene rings is 1. The van der Waals surface area contributed by atoms with Crippen LogP contribution in [0.25, 0.3) is 11.3 Å². The number of nitrogens with two attached hydrogens (primary N) is 1. The minimum absolute atomic E-state index is 0.266. The molecule has 0 aliphatic carbocycles. The summed E-state index contributed by atoms with van der Waals surface area (Å²) in [6.45, 7) is 4.14. The molecule has 0 radical (unpaired) electrons. The van der Waals surface area contributed by atoms with Gasteiger partial charge in [0.15, 0.2) is 11.6 Å². The Morgan fingerprint density at radius 1 is 1.29 bits per heavy atom. The Labute approximate surface area is 117 Å². The van der Waals surface area contributed by atoms with Crippen LogP contribution in [0.3, 0.4) is 0 Å². The van der Waals surface area contributed by atoms with Crippen molar-refractivity contribution in [3.8, 4) is 11.3 Å². The van der Waals surface area contributed by atoms with Crippen molar-refractivity contribution in [3.05, 3.63) is 32.7 Å². The molecule has 0 saturated heterocycles. The third-order valence-corrected chi connectivity index (χ3v) is 3.69. The Kier molecular flexibility index (Phi) is 3.58. The Balaban J connectivity index is 2.64. The molecule has 0 atom stereocenters. The monoisotopic (exact) mass is 358 g/mol. The number of halogens is 2. The molecule has 0 fully saturated rings. The van der Waals surface area contributed by atoms with Gasteiger partial charge in [0.2, 0.25) is 0 Å². The molecule has 0 spiro atoms. The highest BCUT2D eigenvalue weighted by atomic mass is 79.9. The number of nitrogens with zero attached hydrogens (tertiary/aromatic N) is 1. The second-order valence-electron chi connectivity index (χ2n) is 4.09. The Morgan fingerprint density at radius 3 is 2.65 bits per heavy atom. The number of aromatic nitrogens is 1. The summed E-state index contributed by atoms with van der Waals surface area (Å²) in [6.07, 6.45) is 0. The van der Waals surface area contributed by atoms with E-state index in [1.807, 2.05) is 18.2 Å². The van der Waals surface area contributed by atoms with Gasteiger partial charge in [-0.3, -0.25) is 0 Å². The fourth-order valence-electron chi connectivity index (χ4n) is 1.73. The van der Waals surface area contributed by atoms with E-state index in [1.54, 1.807) is 0 Å². The highest BCUT2D eigenvalue weighted by Gasteiger charge is 2.20. The maximum atomic E-state index is 5.84. The van der Waals surface area contributed by atoms with Crippen molar-refractivity contribution in [3.63, 3.8) is 0 Å². The summed E-state index contributed by atoms with van der Waals surface area (Å²) in [7, 11) is 0. The molecule has 3 nitrogen and oxygen atoms in total. The standard InChI is InChI=1S/C12H12Br2N2O/c1-6(2)10-11(17-16-12(10)15)8-5-7(13)3-4-9(8)14/h3-6H,1-2H3,(H2,15,16). The van der Waals surface area contributed by atoms with E-state index in [0.29, 0.717) is 5.82 Å². The van der Waals surface area contributed by atoms with Gasteiger partial charge < -0.3 is 10.3 Å². The van der Waals surface area contributed by atoms with E-state index in [4.69, 9.17) is 10.3 Å². The maximum absolute atomic E-state index is 5.84. The molecule has 2 aromatic rings. The predicted octanol–water partition coefficient (Wildman–Crippen LogP) is 4.57. The molecule has 0 saturated carbocycles. The van der Waals surface area contributed by atoms with Crippen LogP contribution in [-0.4, -0.2) is 5.16 Å². The normalized spacial score (nSPS) is 11.1. The quantitative estimate of drug-likeness (QED) is 0.854. The molecule has 2 N–H and O–H groups in total. The van der Waals surface area contributed by atoms with Crippen molar-refractivity contribution in [1.82, 2.24) is 5.16 Å². The minimum atomic E-state index is 0.266. The van der Waals surface area contributed by atoms with Crippen molar-refractivity contribution in [2.75, 3.05) is 5.73 Å². The van der Waals surface area contributed by atoms with Crippen molar-refractivity contribution in [2.45, 2.75) is 19.8 Å². The zero-order chi connectivity index (χ0) is 12.6. The Hall–Kier alpha value is -0.810. The van der Waals surface area contributed by atoms with Crippen LogP contribution in [0.2, 0.25) is 0 Å². The van der Waals surface area contributed by atoms with Gasteiger partial charge in [-0.05, 0) is 24.1 Å². The second-order valence-corrected chi connectivity index (χ2v) is 5.86. The summed E-state index contributed by atoms with van der Waals surface area (Å²) in [5, 5.41) is 3.85. The van der Waals surface area contributed by atoms with Gasteiger partial charge in [0.25, 0.3) is 0 Å². The van der Waals surface area contributed by atoms with E-state index in [2.05, 4.69) is 50.9 Å². The van der Waals surface area contributed by atoms with Crippen LogP contribution >= 0.6 is 31.9 Å². The van der Waals surface area contributed by atoms with E-state index < -0.39 is 0 Å². The fraction of sp³-hybridized carbons (Fsp3) is 0.250. The molecule has 1 aromatic carbocycles. The zero-order valence-electron chi connectivity index (χ0n) is 9.50. The van der Waals surface area contributed by atoms with Crippen LogP contribution < -0.4 is 5.73 Å². The van der Waals surface area contributed by atoms with Crippen molar-refractivity contribution in [1.29, 1.82) is 0 Å². The van der Waals surface area contributed by atoms with E-state index in [9.17, 15) is 0 Å². The molecule has 5 heteroatoms. The molecule has 90 valence electrons. The molecule has 0 amide bonds. The number of hydrogen-bond donors (Lipinski definition) is 1. The first-order valence-electron chi connectivity index (χ1n) is 5.21. The van der Waals surface area contributed by atoms with Gasteiger partial charge in [0.05, 0.1) is 0 Å². The highest BCUT2D eigenvalue weighted by molar-refractivity contribution is 9.11. The minimum Gasteiger partial charge on any atom is -0.381 e. The largest absolute Gasteiger partial charge is 0.381 e. The predicted molar refractivity (Wildman–Crippen MR) is 75.8 cm³/mol. The lowest BCUT2D eigenvalue weighted by Gasteiger charge is -2.07. The summed E-state index contributed by atoms with van der Waals surface area (Å²) in [6, 6.07) is 5.90. The molecule has 0 bridgehead atoms. The third kappa shape index (κ3) is 2.40. The topological polar surface area (TPSA) is 52.0 Å². The molecule has 1 aromatic heterocycles. The lowest BCUT2D eigenvalue weighted by molar-refractivity contribution is 0.434. The fourth-order valence-corrected chi connectivity index (χ4v) is 2.52. The molecule has 0 unspecified atom stereocenters. The van der Waals surface area contributed by atoms with Crippen molar-refractivity contribution < 1.29 is 4.52 Å². The van der Waals surface area contributed by atoms with E-state index in [-0.39, 0.29) is 5.92 Å². The molecule has 0 aliphatic heterocycles. The average molecular weight is 360 g/mol. The smallest absolute Gasteiger partial charge is 0.173 e. The molecule has 1 heterocycles. The summed E-state index contributed by atoms with van der Waals surface area (Å²) >= 11 is 6.96. The van der Waals surface area contributed by atoms with Gasteiger partial charge in [0.1, 0.15) is 0 Å². The second kappa shape index (κ2) is 4.82. The maximum Gasteiger partial charge on any atom is 0.173 e. The summed E-state index contributed by atoms with van der Waals surface area (Å²) in [4.78, 5) is 0. The summed E-state index contributed by atoms with van der Waals surface area (Å²) < 4.78 is 7.30. The zero-order valence-corrected chi connectivity index (χ0v) is 12.7. The molecule has 2 rings (SSSR count). The first-order chi connectivity index (χ1) is 8.00. The Bertz CT molecular complexity index is 549. The van der Waals surface area contributed by atoms with Crippen LogP contribution in [0.1, 0.15) is 25.3 Å². The van der Waals surface area contributed by atoms with Crippen LogP contribution in [0.4, 0.5) is 5.82 Å². The van der Waals surface area contributed by atoms with Crippen LogP contribution in [0.15, 0.2) is 31.7 Å². The van der Waals surface area contributed by atoms with Crippen LogP contribution in [-0.2, 0) is 0 Å². The summed E-state index contributed by atoms with van der Waals surface area (Å²) in [5.41, 5.74) is 7.74. The highest BCUT2D eigenvalue weighted by Crippen LogP contribution is 2.38. The number of hydrogen-bond acceptors (Lipinski definition) is 3. The number of nitrogen functional groups attached to an aromatic ring is 1. The van der Waals surface area contributed by atoms with Gasteiger partial charge in [-0.1, -0.05) is 50.9 Å². The third-order valence-electron chi connectivity index (χ3n) is 2.51. The molecular weight excluding hydrogens is 348 g/mol. The lowest BCUT2D eigenvalue weighted by atomic mass is 9.99. The number of rotatable bonds is 2. The van der Waals surface area contributed by atoms with E-state index >= 15 is 0 Å². The van der Waals surface area contributed by atoms with E-state index in [1.165, 1.54) is 0 Å². The van der Waals surface area contributed by atoms with Gasteiger partial charge in [-0.25, -0.2) is 0 Å². The molecular formula is C12H12Br2N2O. The Morgan fingerprint density at radius 2 is 2.00 bits per heavy atom. The van der Waals surface area contributed by atoms with Crippen LogP contribution in [0, 0.1) is 0 Å². The first-order valence-corrected chi connectivity index (χ1v) is 6.79. The van der Waals surface area contributed by atoms with Crippen molar-refractivity contribution >= 4 is 37.7 Å². The molecule has 17 heavy (non-hydrogen) atoms. The van der Waals surface area contributed by atoms with E-state index in [0.717, 1.165) is 25.8 Å². The average Bonchev–Trinajstić information content (AvgIpc) is 2.64. The number of anilines is 1. The summed E-state index contributed by atoms with van der Waals surface area (Å²) in [5.74, 6) is 1.45. The molecule has 0 aliphatic rings. The van der Waals surface area contributed by atoms with Gasteiger partial charge >= 0.3 is 0 Å². The first kappa shape index (κ1) is 12.6. The van der Waals surface area contributed by atoms with Crippen LogP contribution in [0.5, 0.6) is 0 Å². The SMILES string of the molecule is CC(C)c1c(N)noc1-c1cc(Br)ccc1Br. The lowest BCUT2D eigenvalue weighted by Crippen LogP contribution is -1.95. The van der Waals surface area contributed by atoms with Gasteiger partial charge in [0, 0.05) is 20.1 Å².